The summed E-state index contributed by atoms with van der Waals surface area (Å²) in [5.41, 5.74) is 0. The van der Waals surface area contributed by atoms with Crippen LogP contribution in [0.4, 0.5) is 4.79 Å². The molecule has 0 bridgehead atoms. The van der Waals surface area contributed by atoms with Crippen molar-refractivity contribution >= 4 is 21.8 Å². The van der Waals surface area contributed by atoms with E-state index in [1.54, 1.807) is 0 Å². The Kier molecular flexibility index (Phi) is 3.74. The summed E-state index contributed by atoms with van der Waals surface area (Å²) in [5, 5.41) is 7.73. The molecule has 2 rings (SSSR count). The van der Waals surface area contributed by atoms with E-state index in [0.717, 1.165) is 12.8 Å². The summed E-state index contributed by atoms with van der Waals surface area (Å²) in [7, 11) is -2.99. The summed E-state index contributed by atoms with van der Waals surface area (Å²) in [6.07, 6.45) is 2.42. The van der Waals surface area contributed by atoms with Crippen molar-refractivity contribution in [2.24, 2.45) is 0 Å². The van der Waals surface area contributed by atoms with E-state index < -0.39 is 9.84 Å². The second kappa shape index (κ2) is 5.13. The zero-order valence-electron chi connectivity index (χ0n) is 9.94. The molecule has 0 aromatic heterocycles. The first-order valence-corrected chi connectivity index (χ1v) is 7.81. The number of amides is 3. The van der Waals surface area contributed by atoms with Crippen molar-refractivity contribution in [1.29, 1.82) is 0 Å². The molecule has 2 fully saturated rings. The number of carbonyl (C=O) groups is 2. The highest BCUT2D eigenvalue weighted by molar-refractivity contribution is 7.91. The average Bonchev–Trinajstić information content (AvgIpc) is 3.01. The van der Waals surface area contributed by atoms with Crippen LogP contribution in [0.3, 0.4) is 0 Å². The summed E-state index contributed by atoms with van der Waals surface area (Å²) < 4.78 is 22.4. The highest BCUT2D eigenvalue weighted by Gasteiger charge is 2.29. The zero-order chi connectivity index (χ0) is 13.2. The molecular formula is C10H17N3O4S. The highest BCUT2D eigenvalue weighted by atomic mass is 32.2. The number of sulfone groups is 1. The maximum Gasteiger partial charge on any atom is 0.315 e. The van der Waals surface area contributed by atoms with E-state index in [0.29, 0.717) is 6.42 Å². The molecule has 2 aliphatic rings. The minimum atomic E-state index is -2.99. The van der Waals surface area contributed by atoms with Crippen LogP contribution in [-0.2, 0) is 14.6 Å². The Labute approximate surface area is 106 Å². The molecule has 18 heavy (non-hydrogen) atoms. The molecule has 3 amide bonds. The van der Waals surface area contributed by atoms with Gasteiger partial charge in [0.1, 0.15) is 0 Å². The lowest BCUT2D eigenvalue weighted by Gasteiger charge is -2.11. The zero-order valence-corrected chi connectivity index (χ0v) is 10.8. The number of hydrogen-bond acceptors (Lipinski definition) is 4. The summed E-state index contributed by atoms with van der Waals surface area (Å²) >= 11 is 0. The smallest absolute Gasteiger partial charge is 0.315 e. The molecule has 1 atom stereocenters. The van der Waals surface area contributed by atoms with E-state index in [9.17, 15) is 18.0 Å². The highest BCUT2D eigenvalue weighted by Crippen LogP contribution is 2.18. The van der Waals surface area contributed by atoms with Crippen LogP contribution in [0.1, 0.15) is 19.3 Å². The molecule has 7 nitrogen and oxygen atoms in total. The van der Waals surface area contributed by atoms with E-state index in [-0.39, 0.29) is 42.1 Å². The van der Waals surface area contributed by atoms with Gasteiger partial charge in [0.15, 0.2) is 9.84 Å². The molecular weight excluding hydrogens is 258 g/mol. The number of urea groups is 1. The van der Waals surface area contributed by atoms with Gasteiger partial charge in [-0.1, -0.05) is 0 Å². The van der Waals surface area contributed by atoms with Crippen LogP contribution in [0.15, 0.2) is 0 Å². The molecule has 0 radical (unpaired) electrons. The second-order valence-electron chi connectivity index (χ2n) is 4.77. The van der Waals surface area contributed by atoms with Crippen molar-refractivity contribution in [3.8, 4) is 0 Å². The Morgan fingerprint density at radius 1 is 1.06 bits per heavy atom. The fraction of sp³-hybridized carbons (Fsp3) is 0.800. The summed E-state index contributed by atoms with van der Waals surface area (Å²) in [6, 6.07) is -0.435. The van der Waals surface area contributed by atoms with Gasteiger partial charge >= 0.3 is 6.03 Å². The first-order chi connectivity index (χ1) is 8.44. The monoisotopic (exact) mass is 275 g/mol. The second-order valence-corrected chi connectivity index (χ2v) is 7.00. The van der Waals surface area contributed by atoms with Gasteiger partial charge in [-0.05, 0) is 19.3 Å². The lowest BCUT2D eigenvalue weighted by molar-refractivity contribution is -0.120. The fourth-order valence-electron chi connectivity index (χ4n) is 1.81. The lowest BCUT2D eigenvalue weighted by atomic mass is 10.2. The summed E-state index contributed by atoms with van der Waals surface area (Å²) in [6.45, 7) is -0.130. The van der Waals surface area contributed by atoms with E-state index in [1.807, 2.05) is 0 Å². The van der Waals surface area contributed by atoms with Gasteiger partial charge in [-0.15, -0.1) is 0 Å². The summed E-state index contributed by atoms with van der Waals surface area (Å²) in [4.78, 5) is 22.7. The van der Waals surface area contributed by atoms with Crippen LogP contribution in [0.5, 0.6) is 0 Å². The van der Waals surface area contributed by atoms with Gasteiger partial charge in [0, 0.05) is 12.1 Å². The van der Waals surface area contributed by atoms with Gasteiger partial charge in [0.25, 0.3) is 0 Å². The quantitative estimate of drug-likeness (QED) is 0.596. The standard InChI is InChI=1S/C10H17N3O4S/c14-9(5-11-10(15)13-7-1-2-7)12-8-3-4-18(16,17)6-8/h7-8H,1-6H2,(H,12,14)(H2,11,13,15). The molecule has 8 heteroatoms. The first-order valence-electron chi connectivity index (χ1n) is 5.99. The molecule has 1 saturated heterocycles. The third-order valence-corrected chi connectivity index (χ3v) is 4.69. The molecule has 1 aliphatic heterocycles. The van der Waals surface area contributed by atoms with Crippen LogP contribution >= 0.6 is 0 Å². The van der Waals surface area contributed by atoms with Gasteiger partial charge < -0.3 is 16.0 Å². The van der Waals surface area contributed by atoms with E-state index in [4.69, 9.17) is 0 Å². The molecule has 0 aromatic rings. The van der Waals surface area contributed by atoms with Crippen molar-refractivity contribution in [2.75, 3.05) is 18.1 Å². The predicted octanol–water partition coefficient (Wildman–Crippen LogP) is -1.25. The van der Waals surface area contributed by atoms with Crippen LogP contribution < -0.4 is 16.0 Å². The van der Waals surface area contributed by atoms with Crippen molar-refractivity contribution in [3.05, 3.63) is 0 Å². The van der Waals surface area contributed by atoms with E-state index in [2.05, 4.69) is 16.0 Å². The summed E-state index contributed by atoms with van der Waals surface area (Å²) in [5.74, 6) is -0.247. The van der Waals surface area contributed by atoms with Crippen LogP contribution in [0, 0.1) is 0 Å². The Balaban J connectivity index is 1.64. The normalized spacial score (nSPS) is 25.4. The van der Waals surface area contributed by atoms with Crippen molar-refractivity contribution < 1.29 is 18.0 Å². The molecule has 1 saturated carbocycles. The van der Waals surface area contributed by atoms with Crippen molar-refractivity contribution in [3.63, 3.8) is 0 Å². The Morgan fingerprint density at radius 3 is 2.33 bits per heavy atom. The van der Waals surface area contributed by atoms with Gasteiger partial charge in [0.05, 0.1) is 18.1 Å². The first kappa shape index (κ1) is 13.1. The van der Waals surface area contributed by atoms with Crippen LogP contribution in [0.25, 0.3) is 0 Å². The third kappa shape index (κ3) is 4.17. The Bertz CT molecular complexity index is 444. The van der Waals surface area contributed by atoms with Crippen molar-refractivity contribution in [2.45, 2.75) is 31.3 Å². The Hall–Kier alpha value is -1.31. The average molecular weight is 275 g/mol. The topological polar surface area (TPSA) is 104 Å². The van der Waals surface area contributed by atoms with E-state index in [1.165, 1.54) is 0 Å². The molecule has 0 spiro atoms. The number of carbonyl (C=O) groups excluding carboxylic acids is 2. The minimum Gasteiger partial charge on any atom is -0.351 e. The van der Waals surface area contributed by atoms with Crippen LogP contribution in [0.2, 0.25) is 0 Å². The third-order valence-electron chi connectivity index (χ3n) is 2.92. The number of nitrogens with one attached hydrogen (secondary N) is 3. The van der Waals surface area contributed by atoms with Gasteiger partial charge in [-0.25, -0.2) is 13.2 Å². The molecule has 3 N–H and O–H groups in total. The largest absolute Gasteiger partial charge is 0.351 e. The van der Waals surface area contributed by atoms with Crippen LogP contribution in [-0.4, -0.2) is 50.5 Å². The lowest BCUT2D eigenvalue weighted by Crippen LogP contribution is -2.45. The van der Waals surface area contributed by atoms with Crippen molar-refractivity contribution in [1.82, 2.24) is 16.0 Å². The van der Waals surface area contributed by atoms with E-state index >= 15 is 0 Å². The molecule has 0 aromatic carbocycles. The van der Waals surface area contributed by atoms with Gasteiger partial charge in [0.2, 0.25) is 5.91 Å². The fourth-order valence-corrected chi connectivity index (χ4v) is 3.49. The maximum atomic E-state index is 11.5. The molecule has 1 unspecified atom stereocenters. The molecule has 102 valence electrons. The Morgan fingerprint density at radius 2 is 1.78 bits per heavy atom. The number of hydrogen-bond donors (Lipinski definition) is 3. The SMILES string of the molecule is O=C(CNC(=O)NC1CC1)NC1CCS(=O)(=O)C1. The minimum absolute atomic E-state index is 0.00693. The maximum absolute atomic E-state index is 11.5. The molecule has 1 heterocycles. The van der Waals surface area contributed by atoms with Gasteiger partial charge in [-0.2, -0.15) is 0 Å². The van der Waals surface area contributed by atoms with Gasteiger partial charge in [-0.3, -0.25) is 4.79 Å². The predicted molar refractivity (Wildman–Crippen MR) is 64.8 cm³/mol. The molecule has 1 aliphatic carbocycles. The number of rotatable bonds is 4.